The third-order valence-electron chi connectivity index (χ3n) is 3.35. The van der Waals surface area contributed by atoms with Gasteiger partial charge in [-0.3, -0.25) is 0 Å². The Bertz CT molecular complexity index is 670. The third-order valence-corrected chi connectivity index (χ3v) is 5.36. The SMILES string of the molecule is Cc1ccc(S(=O)(=O)/N=C2/CCC(C)(C)C=C2Br)cc1. The van der Waals surface area contributed by atoms with E-state index in [-0.39, 0.29) is 10.3 Å². The molecule has 1 aliphatic rings. The van der Waals surface area contributed by atoms with E-state index in [9.17, 15) is 8.42 Å². The Kier molecular flexibility index (Phi) is 4.21. The monoisotopic (exact) mass is 355 g/mol. The van der Waals surface area contributed by atoms with Crippen LogP contribution in [0.2, 0.25) is 0 Å². The molecule has 0 unspecified atom stereocenters. The highest BCUT2D eigenvalue weighted by molar-refractivity contribution is 9.12. The van der Waals surface area contributed by atoms with Gasteiger partial charge < -0.3 is 0 Å². The van der Waals surface area contributed by atoms with Gasteiger partial charge >= 0.3 is 0 Å². The van der Waals surface area contributed by atoms with Gasteiger partial charge in [-0.15, -0.1) is 0 Å². The summed E-state index contributed by atoms with van der Waals surface area (Å²) >= 11 is 3.43. The minimum atomic E-state index is -3.63. The molecule has 0 atom stereocenters. The van der Waals surface area contributed by atoms with Crippen molar-refractivity contribution in [1.82, 2.24) is 0 Å². The average Bonchev–Trinajstić information content (AvgIpc) is 2.33. The van der Waals surface area contributed by atoms with E-state index in [1.54, 1.807) is 24.3 Å². The summed E-state index contributed by atoms with van der Waals surface area (Å²) in [6.07, 6.45) is 3.58. The summed E-state index contributed by atoms with van der Waals surface area (Å²) in [7, 11) is -3.63. The fourth-order valence-corrected chi connectivity index (χ4v) is 4.14. The van der Waals surface area contributed by atoms with E-state index >= 15 is 0 Å². The van der Waals surface area contributed by atoms with Crippen molar-refractivity contribution in [2.45, 2.75) is 38.5 Å². The Morgan fingerprint density at radius 1 is 1.20 bits per heavy atom. The van der Waals surface area contributed by atoms with Crippen molar-refractivity contribution in [3.63, 3.8) is 0 Å². The van der Waals surface area contributed by atoms with Crippen LogP contribution < -0.4 is 0 Å². The lowest BCUT2D eigenvalue weighted by Gasteiger charge is -2.26. The van der Waals surface area contributed by atoms with Gasteiger partial charge in [-0.2, -0.15) is 12.8 Å². The normalized spacial score (nSPS) is 20.8. The molecule has 108 valence electrons. The van der Waals surface area contributed by atoms with Crippen LogP contribution in [-0.4, -0.2) is 14.1 Å². The molecule has 5 heteroatoms. The summed E-state index contributed by atoms with van der Waals surface area (Å²) in [5.74, 6) is 0. The van der Waals surface area contributed by atoms with E-state index in [4.69, 9.17) is 0 Å². The second-order valence-corrected chi connectivity index (χ2v) is 8.27. The second kappa shape index (κ2) is 5.45. The van der Waals surface area contributed by atoms with Gasteiger partial charge in [0.1, 0.15) is 0 Å². The first-order valence-corrected chi connectivity index (χ1v) is 8.72. The number of allylic oxidation sites excluding steroid dienone is 2. The van der Waals surface area contributed by atoms with Crippen LogP contribution in [0, 0.1) is 12.3 Å². The first kappa shape index (κ1) is 15.4. The minimum absolute atomic E-state index is 0.0749. The van der Waals surface area contributed by atoms with Crippen molar-refractivity contribution < 1.29 is 8.42 Å². The standard InChI is InChI=1S/C15H18BrNO2S/c1-11-4-6-12(7-5-11)20(18,19)17-14-8-9-15(2,3)10-13(14)16/h4-7,10H,8-9H2,1-3H3/b17-14-. The molecule has 0 heterocycles. The van der Waals surface area contributed by atoms with Crippen LogP contribution in [0.15, 0.2) is 44.1 Å². The molecule has 0 radical (unpaired) electrons. The van der Waals surface area contributed by atoms with Crippen molar-refractivity contribution in [3.8, 4) is 0 Å². The van der Waals surface area contributed by atoms with Crippen molar-refractivity contribution >= 4 is 31.7 Å². The lowest BCUT2D eigenvalue weighted by molar-refractivity contribution is 0.441. The van der Waals surface area contributed by atoms with E-state index in [1.165, 1.54) is 0 Å². The van der Waals surface area contributed by atoms with Gasteiger partial charge in [-0.1, -0.05) is 37.6 Å². The summed E-state index contributed by atoms with van der Waals surface area (Å²) in [5, 5.41) is 0. The molecule has 0 bridgehead atoms. The predicted octanol–water partition coefficient (Wildman–Crippen LogP) is 4.22. The summed E-state index contributed by atoms with van der Waals surface area (Å²) in [4.78, 5) is 0.237. The molecule has 0 fully saturated rings. The number of hydrogen-bond acceptors (Lipinski definition) is 2. The van der Waals surface area contributed by atoms with E-state index in [0.717, 1.165) is 16.5 Å². The maximum atomic E-state index is 12.3. The number of sulfonamides is 1. The maximum absolute atomic E-state index is 12.3. The summed E-state index contributed by atoms with van der Waals surface area (Å²) in [6.45, 7) is 6.17. The zero-order chi connectivity index (χ0) is 15.0. The molecule has 0 N–H and O–H groups in total. The largest absolute Gasteiger partial charge is 0.282 e. The molecule has 20 heavy (non-hydrogen) atoms. The highest BCUT2D eigenvalue weighted by atomic mass is 79.9. The van der Waals surface area contributed by atoms with Gasteiger partial charge in [-0.25, -0.2) is 0 Å². The maximum Gasteiger partial charge on any atom is 0.282 e. The fraction of sp³-hybridized carbons (Fsp3) is 0.400. The van der Waals surface area contributed by atoms with Crippen LogP contribution in [0.4, 0.5) is 0 Å². The number of hydrogen-bond donors (Lipinski definition) is 0. The van der Waals surface area contributed by atoms with Gasteiger partial charge in [0.15, 0.2) is 0 Å². The van der Waals surface area contributed by atoms with E-state index < -0.39 is 10.0 Å². The van der Waals surface area contributed by atoms with Gasteiger partial charge in [0.2, 0.25) is 0 Å². The van der Waals surface area contributed by atoms with Crippen LogP contribution >= 0.6 is 15.9 Å². The lowest BCUT2D eigenvalue weighted by atomic mass is 9.82. The molecule has 0 aromatic heterocycles. The van der Waals surface area contributed by atoms with Crippen molar-refractivity contribution in [2.24, 2.45) is 9.81 Å². The Morgan fingerprint density at radius 3 is 2.35 bits per heavy atom. The highest BCUT2D eigenvalue weighted by Gasteiger charge is 2.25. The van der Waals surface area contributed by atoms with Crippen LogP contribution in [-0.2, 0) is 10.0 Å². The lowest BCUT2D eigenvalue weighted by Crippen LogP contribution is -2.19. The molecule has 0 saturated carbocycles. The molecule has 3 nitrogen and oxygen atoms in total. The summed E-state index contributed by atoms with van der Waals surface area (Å²) in [5.41, 5.74) is 1.70. The second-order valence-electron chi connectivity index (χ2n) is 5.81. The number of rotatable bonds is 2. The molecule has 0 spiro atoms. The van der Waals surface area contributed by atoms with Gasteiger partial charge in [0, 0.05) is 4.48 Å². The minimum Gasteiger partial charge on any atom is -0.199 e. The Balaban J connectivity index is 2.37. The molecule has 1 aromatic carbocycles. The zero-order valence-electron chi connectivity index (χ0n) is 11.9. The van der Waals surface area contributed by atoms with Gasteiger partial charge in [0.25, 0.3) is 10.0 Å². The zero-order valence-corrected chi connectivity index (χ0v) is 14.3. The van der Waals surface area contributed by atoms with Crippen molar-refractivity contribution in [1.29, 1.82) is 0 Å². The smallest absolute Gasteiger partial charge is 0.199 e. The molecule has 0 amide bonds. The Morgan fingerprint density at radius 2 is 1.80 bits per heavy atom. The number of nitrogens with zero attached hydrogens (tertiary/aromatic N) is 1. The molecular formula is C15H18BrNO2S. The molecule has 0 aliphatic heterocycles. The molecule has 0 saturated heterocycles. The van der Waals surface area contributed by atoms with Crippen LogP contribution in [0.3, 0.4) is 0 Å². The third kappa shape index (κ3) is 3.58. The predicted molar refractivity (Wildman–Crippen MR) is 85.8 cm³/mol. The molecule has 1 aliphatic carbocycles. The quantitative estimate of drug-likeness (QED) is 0.796. The highest BCUT2D eigenvalue weighted by Crippen LogP contribution is 2.34. The topological polar surface area (TPSA) is 46.5 Å². The number of benzene rings is 1. The summed E-state index contributed by atoms with van der Waals surface area (Å²) < 4.78 is 29.3. The number of halogens is 1. The van der Waals surface area contributed by atoms with Crippen molar-refractivity contribution in [2.75, 3.05) is 0 Å². The van der Waals surface area contributed by atoms with Crippen molar-refractivity contribution in [3.05, 3.63) is 40.4 Å². The van der Waals surface area contributed by atoms with E-state index in [0.29, 0.717) is 12.1 Å². The van der Waals surface area contributed by atoms with Gasteiger partial charge in [-0.05, 0) is 53.2 Å². The Hall–Kier alpha value is -0.940. The van der Waals surface area contributed by atoms with Gasteiger partial charge in [0.05, 0.1) is 10.6 Å². The first-order valence-electron chi connectivity index (χ1n) is 6.49. The van der Waals surface area contributed by atoms with Crippen LogP contribution in [0.1, 0.15) is 32.3 Å². The Labute approximate surface area is 129 Å². The average molecular weight is 356 g/mol. The fourth-order valence-electron chi connectivity index (χ4n) is 2.06. The molecule has 2 rings (SSSR count). The van der Waals surface area contributed by atoms with E-state index in [2.05, 4.69) is 34.2 Å². The first-order chi connectivity index (χ1) is 9.20. The molecular weight excluding hydrogens is 338 g/mol. The van der Waals surface area contributed by atoms with Crippen LogP contribution in [0.25, 0.3) is 0 Å². The summed E-state index contributed by atoms with van der Waals surface area (Å²) in [6, 6.07) is 6.75. The van der Waals surface area contributed by atoms with E-state index in [1.807, 2.05) is 13.0 Å². The molecule has 1 aromatic rings. The number of aryl methyl sites for hydroxylation is 1. The van der Waals surface area contributed by atoms with Crippen LogP contribution in [0.5, 0.6) is 0 Å².